The van der Waals surface area contributed by atoms with Crippen LogP contribution >= 0.6 is 0 Å². The molecule has 1 saturated heterocycles. The standard InChI is InChI=1S/C67H106O12/c1-4-7-10-13-16-19-22-25-27-29-30-32-34-37-40-43-46-49-52-55-61(70)78-65-63(72)62(71)64(66(73)74)79-67(65)76-57-58(77-60(69)54-51-48-45-42-39-35-24-21-18-15-12-9-6-3)56-75-59(68)53-50-47-44-41-38-36-33-31-28-26-23-20-17-14-11-8-5-2/h8-9,11-12,16-21,25-28,33,35-36,39,41,44,58,62-65,67,71-72H,4-7,10,13-15,22-24,29-32,34,37-38,40,42-43,45-57H2,1-3H3,(H,73,74)/b11-8-,12-9-,19-16-,20-17-,21-18-,27-25-,28-26-,36-33-,39-35-,44-41-. The summed E-state index contributed by atoms with van der Waals surface area (Å²) in [6.07, 6.45) is 61.7. The molecule has 6 unspecified atom stereocenters. The van der Waals surface area contributed by atoms with Gasteiger partial charge in [-0.1, -0.05) is 206 Å². The highest BCUT2D eigenvalue weighted by molar-refractivity contribution is 5.74. The molecule has 0 saturated carbocycles. The zero-order valence-corrected chi connectivity index (χ0v) is 49.1. The Hall–Kier alpha value is -4.88. The predicted molar refractivity (Wildman–Crippen MR) is 321 cm³/mol. The minimum atomic E-state index is -1.92. The number of carboxylic acids is 1. The average Bonchev–Trinajstić information content (AvgIpc) is 3.47. The summed E-state index contributed by atoms with van der Waals surface area (Å²) < 4.78 is 28.4. The number of aliphatic hydroxyl groups excluding tert-OH is 2. The molecule has 1 fully saturated rings. The molecule has 0 aromatic heterocycles. The molecule has 79 heavy (non-hydrogen) atoms. The van der Waals surface area contributed by atoms with Crippen molar-refractivity contribution in [3.8, 4) is 0 Å². The number of esters is 3. The maximum Gasteiger partial charge on any atom is 0.335 e. The summed E-state index contributed by atoms with van der Waals surface area (Å²) in [5.41, 5.74) is 0. The van der Waals surface area contributed by atoms with Gasteiger partial charge in [0.05, 0.1) is 6.61 Å². The first-order valence-corrected chi connectivity index (χ1v) is 30.5. The molecule has 3 N–H and O–H groups in total. The number of carbonyl (C=O) groups is 4. The minimum absolute atomic E-state index is 0.0403. The van der Waals surface area contributed by atoms with E-state index in [2.05, 4.69) is 136 Å². The molecular formula is C67H106O12. The van der Waals surface area contributed by atoms with Crippen LogP contribution in [0.1, 0.15) is 226 Å². The van der Waals surface area contributed by atoms with Crippen LogP contribution in [0.15, 0.2) is 122 Å². The van der Waals surface area contributed by atoms with E-state index in [4.69, 9.17) is 23.7 Å². The van der Waals surface area contributed by atoms with Crippen molar-refractivity contribution >= 4 is 23.9 Å². The summed E-state index contributed by atoms with van der Waals surface area (Å²) in [6, 6.07) is 0. The van der Waals surface area contributed by atoms with Crippen molar-refractivity contribution in [1.29, 1.82) is 0 Å². The van der Waals surface area contributed by atoms with Gasteiger partial charge >= 0.3 is 23.9 Å². The third kappa shape index (κ3) is 43.6. The van der Waals surface area contributed by atoms with Crippen LogP contribution in [0.25, 0.3) is 0 Å². The van der Waals surface area contributed by atoms with Gasteiger partial charge in [-0.25, -0.2) is 4.79 Å². The van der Waals surface area contributed by atoms with Gasteiger partial charge in [0, 0.05) is 19.3 Å². The fourth-order valence-electron chi connectivity index (χ4n) is 8.39. The molecule has 1 heterocycles. The number of hydrogen-bond donors (Lipinski definition) is 3. The summed E-state index contributed by atoms with van der Waals surface area (Å²) in [6.45, 7) is 5.66. The van der Waals surface area contributed by atoms with Crippen LogP contribution in [0, 0.1) is 0 Å². The quantitative estimate of drug-likeness (QED) is 0.0228. The van der Waals surface area contributed by atoms with E-state index < -0.39 is 67.3 Å². The molecule has 1 aliphatic rings. The van der Waals surface area contributed by atoms with Gasteiger partial charge in [0.2, 0.25) is 0 Å². The van der Waals surface area contributed by atoms with Gasteiger partial charge in [-0.2, -0.15) is 0 Å². The first-order valence-electron chi connectivity index (χ1n) is 30.5. The number of allylic oxidation sites excluding steroid dienone is 20. The van der Waals surface area contributed by atoms with Crippen LogP contribution in [-0.2, 0) is 42.9 Å². The topological polar surface area (TPSA) is 175 Å². The van der Waals surface area contributed by atoms with Crippen molar-refractivity contribution in [1.82, 2.24) is 0 Å². The minimum Gasteiger partial charge on any atom is -0.479 e. The second-order valence-electron chi connectivity index (χ2n) is 20.2. The van der Waals surface area contributed by atoms with E-state index >= 15 is 0 Å². The zero-order chi connectivity index (χ0) is 57.5. The van der Waals surface area contributed by atoms with Crippen LogP contribution in [-0.4, -0.2) is 89.2 Å². The summed E-state index contributed by atoms with van der Waals surface area (Å²) >= 11 is 0. The van der Waals surface area contributed by atoms with Crippen molar-refractivity contribution in [3.05, 3.63) is 122 Å². The lowest BCUT2D eigenvalue weighted by Gasteiger charge is -2.40. The van der Waals surface area contributed by atoms with Crippen LogP contribution < -0.4 is 0 Å². The van der Waals surface area contributed by atoms with Crippen molar-refractivity contribution in [2.45, 2.75) is 263 Å². The SMILES string of the molecule is CC/C=C\C/C=C\C/C=C\C/C=C\C/C=C\CCCC(=O)OCC(COC1OC(C(=O)O)C(O)C(O)C1OC(=O)CCCCCCCCCCC/C=C\C/C=C\CCCCC)OC(=O)CCCCC/C=C\C/C=C\C/C=C\CC. The van der Waals surface area contributed by atoms with Crippen LogP contribution in [0.3, 0.4) is 0 Å². The fraction of sp³-hybridized carbons (Fsp3) is 0.642. The van der Waals surface area contributed by atoms with Gasteiger partial charge in [0.1, 0.15) is 18.8 Å². The molecule has 0 amide bonds. The van der Waals surface area contributed by atoms with Crippen molar-refractivity contribution in [3.63, 3.8) is 0 Å². The zero-order valence-electron chi connectivity index (χ0n) is 49.1. The highest BCUT2D eigenvalue weighted by Gasteiger charge is 2.50. The second kappa shape index (κ2) is 53.7. The molecule has 0 aromatic carbocycles. The van der Waals surface area contributed by atoms with Crippen LogP contribution in [0.2, 0.25) is 0 Å². The van der Waals surface area contributed by atoms with Gasteiger partial charge in [0.15, 0.2) is 24.6 Å². The number of aliphatic hydroxyl groups is 2. The molecule has 0 bridgehead atoms. The molecule has 0 spiro atoms. The summed E-state index contributed by atoms with van der Waals surface area (Å²) in [5.74, 6) is -3.26. The lowest BCUT2D eigenvalue weighted by atomic mass is 9.98. The average molecular weight is 1100 g/mol. The Labute approximate surface area is 478 Å². The monoisotopic (exact) mass is 1100 g/mol. The fourth-order valence-corrected chi connectivity index (χ4v) is 8.39. The summed E-state index contributed by atoms with van der Waals surface area (Å²) in [4.78, 5) is 51.2. The van der Waals surface area contributed by atoms with Gasteiger partial charge < -0.3 is 39.0 Å². The van der Waals surface area contributed by atoms with Gasteiger partial charge in [0.25, 0.3) is 0 Å². The first-order chi connectivity index (χ1) is 38.6. The molecule has 12 nitrogen and oxygen atoms in total. The van der Waals surface area contributed by atoms with Crippen molar-refractivity contribution in [2.75, 3.05) is 13.2 Å². The molecule has 446 valence electrons. The van der Waals surface area contributed by atoms with E-state index in [9.17, 15) is 34.5 Å². The van der Waals surface area contributed by atoms with Gasteiger partial charge in [-0.15, -0.1) is 0 Å². The first kappa shape index (κ1) is 72.1. The molecule has 12 heteroatoms. The van der Waals surface area contributed by atoms with E-state index in [-0.39, 0.29) is 25.9 Å². The number of aliphatic carboxylic acids is 1. The molecule has 1 rings (SSSR count). The van der Waals surface area contributed by atoms with Crippen LogP contribution in [0.5, 0.6) is 0 Å². The smallest absolute Gasteiger partial charge is 0.335 e. The Balaban J connectivity index is 2.72. The Bertz CT molecular complexity index is 1840. The number of unbranched alkanes of at least 4 members (excludes halogenated alkanes) is 16. The third-order valence-corrected chi connectivity index (χ3v) is 13.0. The van der Waals surface area contributed by atoms with E-state index in [0.717, 1.165) is 109 Å². The van der Waals surface area contributed by atoms with E-state index in [1.54, 1.807) is 0 Å². The number of carboxylic acid groups (broad SMARTS) is 1. The van der Waals surface area contributed by atoms with Crippen molar-refractivity contribution < 1.29 is 58.2 Å². The molecule has 0 aliphatic carbocycles. The highest BCUT2D eigenvalue weighted by Crippen LogP contribution is 2.26. The molecule has 0 radical (unpaired) electrons. The molecule has 1 aliphatic heterocycles. The Morgan fingerprint density at radius 1 is 0.430 bits per heavy atom. The predicted octanol–water partition coefficient (Wildman–Crippen LogP) is 16.0. The normalized spacial score (nSPS) is 18.7. The second-order valence-corrected chi connectivity index (χ2v) is 20.2. The lowest BCUT2D eigenvalue weighted by Crippen LogP contribution is -2.61. The Kier molecular flexibility index (Phi) is 49.1. The number of hydrogen-bond acceptors (Lipinski definition) is 11. The Morgan fingerprint density at radius 2 is 0.810 bits per heavy atom. The van der Waals surface area contributed by atoms with Gasteiger partial charge in [-0.3, -0.25) is 14.4 Å². The van der Waals surface area contributed by atoms with Crippen LogP contribution in [0.4, 0.5) is 0 Å². The molecular weight excluding hydrogens is 997 g/mol. The van der Waals surface area contributed by atoms with Crippen molar-refractivity contribution in [2.24, 2.45) is 0 Å². The molecule has 0 aromatic rings. The number of carbonyl (C=O) groups excluding carboxylic acids is 3. The maximum atomic E-state index is 13.1. The number of ether oxygens (including phenoxy) is 5. The highest BCUT2D eigenvalue weighted by atomic mass is 16.7. The third-order valence-electron chi connectivity index (χ3n) is 13.0. The van der Waals surface area contributed by atoms with E-state index in [0.29, 0.717) is 25.7 Å². The lowest BCUT2D eigenvalue weighted by molar-refractivity contribution is -0.301. The summed E-state index contributed by atoms with van der Waals surface area (Å²) in [7, 11) is 0. The van der Waals surface area contributed by atoms with E-state index in [1.807, 2.05) is 6.08 Å². The van der Waals surface area contributed by atoms with E-state index in [1.165, 1.54) is 51.4 Å². The van der Waals surface area contributed by atoms with Gasteiger partial charge in [-0.05, 0) is 122 Å². The number of rotatable bonds is 50. The maximum absolute atomic E-state index is 13.1. The largest absolute Gasteiger partial charge is 0.479 e. The molecule has 6 atom stereocenters. The Morgan fingerprint density at radius 3 is 1.27 bits per heavy atom. The summed E-state index contributed by atoms with van der Waals surface area (Å²) in [5, 5.41) is 31.5.